The van der Waals surface area contributed by atoms with Crippen LogP contribution in [0.25, 0.3) is 0 Å². The molecule has 2 aromatic rings. The van der Waals surface area contributed by atoms with Crippen LogP contribution in [0, 0.1) is 0 Å². The van der Waals surface area contributed by atoms with Gasteiger partial charge in [0.15, 0.2) is 0 Å². The fourth-order valence-corrected chi connectivity index (χ4v) is 3.49. The molecule has 0 aliphatic carbocycles. The van der Waals surface area contributed by atoms with E-state index in [2.05, 4.69) is 4.98 Å². The zero-order chi connectivity index (χ0) is 19.2. The van der Waals surface area contributed by atoms with Crippen molar-refractivity contribution in [2.75, 3.05) is 6.54 Å². The first-order chi connectivity index (χ1) is 13.0. The summed E-state index contributed by atoms with van der Waals surface area (Å²) in [6.45, 7) is 0.635. The van der Waals surface area contributed by atoms with Crippen molar-refractivity contribution in [3.05, 3.63) is 53.3 Å². The van der Waals surface area contributed by atoms with Gasteiger partial charge in [-0.1, -0.05) is 11.6 Å². The summed E-state index contributed by atoms with van der Waals surface area (Å²) in [7, 11) is 0. The van der Waals surface area contributed by atoms with Crippen LogP contribution >= 0.6 is 11.6 Å². The predicted octanol–water partition coefficient (Wildman–Crippen LogP) is 4.39. The van der Waals surface area contributed by atoms with Gasteiger partial charge < -0.3 is 14.7 Å². The van der Waals surface area contributed by atoms with Gasteiger partial charge in [-0.15, -0.1) is 0 Å². The third-order valence-electron chi connectivity index (χ3n) is 4.64. The van der Waals surface area contributed by atoms with Crippen molar-refractivity contribution in [1.29, 1.82) is 0 Å². The lowest BCUT2D eigenvalue weighted by Crippen LogP contribution is -2.44. The van der Waals surface area contributed by atoms with E-state index in [0.29, 0.717) is 35.1 Å². The van der Waals surface area contributed by atoms with Gasteiger partial charge in [-0.3, -0.25) is 14.6 Å². The Kier molecular flexibility index (Phi) is 6.29. The van der Waals surface area contributed by atoms with Crippen LogP contribution in [0.4, 0.5) is 0 Å². The standard InChI is InChI=1S/C20H21ClN2O4/c21-17-13-14(4-6-18(17)27-16-8-10-22-11-9-16)20(26)23-12-2-1-3-15(23)5-7-19(24)25/h4,6,8-11,13,15H,1-3,5,7,12H2,(H,24,25). The first kappa shape index (κ1) is 19.2. The highest BCUT2D eigenvalue weighted by atomic mass is 35.5. The number of carbonyl (C=O) groups excluding carboxylic acids is 1. The van der Waals surface area contributed by atoms with Gasteiger partial charge in [0.25, 0.3) is 5.91 Å². The van der Waals surface area contributed by atoms with Crippen LogP contribution in [0.5, 0.6) is 11.5 Å². The van der Waals surface area contributed by atoms with Crippen LogP contribution in [0.2, 0.25) is 5.02 Å². The summed E-state index contributed by atoms with van der Waals surface area (Å²) in [5.74, 6) is 0.104. The molecule has 1 atom stereocenters. The average molecular weight is 389 g/mol. The lowest BCUT2D eigenvalue weighted by molar-refractivity contribution is -0.137. The van der Waals surface area contributed by atoms with Crippen molar-refractivity contribution in [2.45, 2.75) is 38.1 Å². The highest BCUT2D eigenvalue weighted by Gasteiger charge is 2.28. The monoisotopic (exact) mass is 388 g/mol. The summed E-state index contributed by atoms with van der Waals surface area (Å²) in [6.07, 6.45) is 6.53. The molecule has 7 heteroatoms. The van der Waals surface area contributed by atoms with Gasteiger partial charge >= 0.3 is 5.97 Å². The molecule has 0 radical (unpaired) electrons. The molecule has 1 unspecified atom stereocenters. The highest BCUT2D eigenvalue weighted by Crippen LogP contribution is 2.31. The van der Waals surface area contributed by atoms with Crippen molar-refractivity contribution in [3.63, 3.8) is 0 Å². The molecule has 6 nitrogen and oxygen atoms in total. The van der Waals surface area contributed by atoms with Crippen LogP contribution < -0.4 is 4.74 Å². The van der Waals surface area contributed by atoms with Crippen molar-refractivity contribution in [2.24, 2.45) is 0 Å². The highest BCUT2D eigenvalue weighted by molar-refractivity contribution is 6.32. The third kappa shape index (κ3) is 4.98. The van der Waals surface area contributed by atoms with Gasteiger partial charge in [0, 0.05) is 37.0 Å². The molecular formula is C20H21ClN2O4. The third-order valence-corrected chi connectivity index (χ3v) is 4.93. The predicted molar refractivity (Wildman–Crippen MR) is 101 cm³/mol. The lowest BCUT2D eigenvalue weighted by Gasteiger charge is -2.35. The zero-order valence-electron chi connectivity index (χ0n) is 14.8. The Bertz CT molecular complexity index is 813. The maximum Gasteiger partial charge on any atom is 0.303 e. The molecule has 2 heterocycles. The SMILES string of the molecule is O=C(O)CCC1CCCCN1C(=O)c1ccc(Oc2ccncc2)c(Cl)c1. The number of carboxylic acid groups (broad SMARTS) is 1. The van der Waals surface area contributed by atoms with Gasteiger partial charge in [-0.2, -0.15) is 0 Å². The summed E-state index contributed by atoms with van der Waals surface area (Å²) in [4.78, 5) is 29.5. The van der Waals surface area contributed by atoms with Gasteiger partial charge in [0.2, 0.25) is 0 Å². The maximum absolute atomic E-state index is 12.9. The Morgan fingerprint density at radius 1 is 1.22 bits per heavy atom. The van der Waals surface area contributed by atoms with Crippen LogP contribution in [-0.4, -0.2) is 39.5 Å². The fourth-order valence-electron chi connectivity index (χ4n) is 3.27. The zero-order valence-corrected chi connectivity index (χ0v) is 15.6. The molecular weight excluding hydrogens is 368 g/mol. The fraction of sp³-hybridized carbons (Fsp3) is 0.350. The van der Waals surface area contributed by atoms with E-state index in [0.717, 1.165) is 19.3 Å². The largest absolute Gasteiger partial charge is 0.481 e. The molecule has 1 aliphatic heterocycles. The lowest BCUT2D eigenvalue weighted by atomic mass is 9.97. The molecule has 0 saturated carbocycles. The maximum atomic E-state index is 12.9. The van der Waals surface area contributed by atoms with E-state index in [1.54, 1.807) is 47.6 Å². The normalized spacial score (nSPS) is 16.8. The van der Waals surface area contributed by atoms with Gasteiger partial charge in [0.1, 0.15) is 11.5 Å². The number of aliphatic carboxylic acids is 1. The number of piperidine rings is 1. The van der Waals surface area contributed by atoms with Crippen molar-refractivity contribution in [3.8, 4) is 11.5 Å². The molecule has 1 N–H and O–H groups in total. The number of aromatic nitrogens is 1. The van der Waals surface area contributed by atoms with E-state index in [9.17, 15) is 9.59 Å². The molecule has 3 rings (SSSR count). The van der Waals surface area contributed by atoms with Crippen LogP contribution in [-0.2, 0) is 4.79 Å². The number of carboxylic acids is 1. The molecule has 0 bridgehead atoms. The molecule has 142 valence electrons. The number of hydrogen-bond donors (Lipinski definition) is 1. The number of halogens is 1. The Balaban J connectivity index is 1.73. The number of pyridine rings is 1. The molecule has 1 saturated heterocycles. The number of amides is 1. The molecule has 1 fully saturated rings. The molecule has 1 amide bonds. The Labute approximate surface area is 162 Å². The molecule has 0 spiro atoms. The first-order valence-electron chi connectivity index (χ1n) is 8.95. The van der Waals surface area contributed by atoms with E-state index in [1.165, 1.54) is 0 Å². The topological polar surface area (TPSA) is 79.7 Å². The Morgan fingerprint density at radius 2 is 2.00 bits per heavy atom. The van der Waals surface area contributed by atoms with E-state index in [4.69, 9.17) is 21.4 Å². The van der Waals surface area contributed by atoms with Crippen molar-refractivity contribution >= 4 is 23.5 Å². The smallest absolute Gasteiger partial charge is 0.303 e. The van der Waals surface area contributed by atoms with E-state index in [-0.39, 0.29) is 18.4 Å². The number of benzene rings is 1. The minimum Gasteiger partial charge on any atom is -0.481 e. The van der Waals surface area contributed by atoms with E-state index in [1.807, 2.05) is 0 Å². The number of carbonyl (C=O) groups is 2. The Morgan fingerprint density at radius 3 is 2.70 bits per heavy atom. The quantitative estimate of drug-likeness (QED) is 0.793. The van der Waals surface area contributed by atoms with E-state index < -0.39 is 5.97 Å². The second-order valence-corrected chi connectivity index (χ2v) is 6.92. The van der Waals surface area contributed by atoms with Gasteiger partial charge in [-0.25, -0.2) is 0 Å². The van der Waals surface area contributed by atoms with Crippen molar-refractivity contribution < 1.29 is 19.4 Å². The first-order valence-corrected chi connectivity index (χ1v) is 9.32. The average Bonchev–Trinajstić information content (AvgIpc) is 2.68. The minimum absolute atomic E-state index is 0.0473. The number of ether oxygens (including phenoxy) is 1. The van der Waals surface area contributed by atoms with Crippen LogP contribution in [0.15, 0.2) is 42.7 Å². The van der Waals surface area contributed by atoms with Crippen molar-refractivity contribution in [1.82, 2.24) is 9.88 Å². The minimum atomic E-state index is -0.839. The summed E-state index contributed by atoms with van der Waals surface area (Å²) in [6, 6.07) is 8.35. The summed E-state index contributed by atoms with van der Waals surface area (Å²) < 4.78 is 5.71. The second kappa shape index (κ2) is 8.86. The number of hydrogen-bond acceptors (Lipinski definition) is 4. The van der Waals surface area contributed by atoms with Gasteiger partial charge in [-0.05, 0) is 56.0 Å². The molecule has 1 aliphatic rings. The summed E-state index contributed by atoms with van der Waals surface area (Å²) in [5, 5.41) is 9.28. The van der Waals surface area contributed by atoms with E-state index >= 15 is 0 Å². The molecule has 1 aromatic carbocycles. The number of likely N-dealkylation sites (tertiary alicyclic amines) is 1. The van der Waals surface area contributed by atoms with Crippen LogP contribution in [0.3, 0.4) is 0 Å². The van der Waals surface area contributed by atoms with Gasteiger partial charge in [0.05, 0.1) is 5.02 Å². The van der Waals surface area contributed by atoms with Crippen LogP contribution in [0.1, 0.15) is 42.5 Å². The molecule has 27 heavy (non-hydrogen) atoms. The second-order valence-electron chi connectivity index (χ2n) is 6.51. The number of nitrogens with zero attached hydrogens (tertiary/aromatic N) is 2. The molecule has 1 aromatic heterocycles. The summed E-state index contributed by atoms with van der Waals surface area (Å²) >= 11 is 6.31. The Hall–Kier alpha value is -2.60. The number of rotatable bonds is 6. The summed E-state index contributed by atoms with van der Waals surface area (Å²) in [5.41, 5.74) is 0.476.